The van der Waals surface area contributed by atoms with E-state index in [4.69, 9.17) is 0 Å². The highest BCUT2D eigenvalue weighted by Gasteiger charge is 2.14. The normalized spacial score (nSPS) is 10.5. The minimum atomic E-state index is 0.0299. The number of anilines is 3. The molecule has 24 heavy (non-hydrogen) atoms. The summed E-state index contributed by atoms with van der Waals surface area (Å²) in [6, 6.07) is 10.8. The molecule has 1 aromatic heterocycles. The molecule has 0 bridgehead atoms. The third kappa shape index (κ3) is 4.65. The lowest BCUT2D eigenvalue weighted by Gasteiger charge is -2.13. The van der Waals surface area contributed by atoms with Crippen molar-refractivity contribution in [1.29, 1.82) is 0 Å². The van der Waals surface area contributed by atoms with E-state index in [2.05, 4.69) is 15.6 Å². The van der Waals surface area contributed by atoms with Crippen LogP contribution < -0.4 is 10.6 Å². The molecule has 0 atom stereocenters. The van der Waals surface area contributed by atoms with Crippen molar-refractivity contribution in [2.24, 2.45) is 5.92 Å². The van der Waals surface area contributed by atoms with Crippen LogP contribution in [-0.2, 0) is 4.79 Å². The highest BCUT2D eigenvalue weighted by Crippen LogP contribution is 2.18. The molecule has 0 aliphatic carbocycles. The molecule has 0 spiro atoms. The molecule has 0 radical (unpaired) electrons. The van der Waals surface area contributed by atoms with Gasteiger partial charge in [0, 0.05) is 17.2 Å². The number of hydrogen-bond acceptors (Lipinski definition) is 4. The monoisotopic (exact) mass is 325 g/mol. The highest BCUT2D eigenvalue weighted by molar-refractivity contribution is 5.94. The molecule has 5 nitrogen and oxygen atoms in total. The molecule has 0 saturated carbocycles. The van der Waals surface area contributed by atoms with E-state index < -0.39 is 0 Å². The Bertz CT molecular complexity index is 690. The Kier molecular flexibility index (Phi) is 6.07. The fourth-order valence-corrected chi connectivity index (χ4v) is 2.38. The van der Waals surface area contributed by atoms with E-state index in [1.165, 1.54) is 0 Å². The van der Waals surface area contributed by atoms with Crippen LogP contribution in [0.2, 0.25) is 0 Å². The minimum Gasteiger partial charge on any atom is -0.340 e. The lowest BCUT2D eigenvalue weighted by Crippen LogP contribution is -2.21. The Morgan fingerprint density at radius 3 is 2.12 bits per heavy atom. The number of nitrogens with one attached hydrogen (secondary N) is 2. The van der Waals surface area contributed by atoms with Gasteiger partial charge in [0.2, 0.25) is 5.91 Å². The smallest absolute Gasteiger partial charge is 0.227 e. The van der Waals surface area contributed by atoms with Crippen LogP contribution in [0.3, 0.4) is 0 Å². The number of amides is 1. The van der Waals surface area contributed by atoms with Gasteiger partial charge in [-0.1, -0.05) is 13.8 Å². The summed E-state index contributed by atoms with van der Waals surface area (Å²) < 4.78 is 0. The van der Waals surface area contributed by atoms with Gasteiger partial charge in [0.05, 0.1) is 11.9 Å². The standard InChI is InChI=1S/C19H23N3O2/c1-4-14(5-2)19(24)22-17-10-11-18(20-12-17)21-16-8-6-15(7-9-16)13(3)23/h6-12,14H,4-5H2,1-3H3,(H,20,21)(H,22,24). The molecule has 0 unspecified atom stereocenters. The van der Waals surface area contributed by atoms with E-state index in [-0.39, 0.29) is 17.6 Å². The predicted octanol–water partition coefficient (Wildman–Crippen LogP) is 4.40. The molecule has 2 N–H and O–H groups in total. The zero-order valence-electron chi connectivity index (χ0n) is 14.3. The summed E-state index contributed by atoms with van der Waals surface area (Å²) in [5.74, 6) is 0.772. The molecule has 1 heterocycles. The van der Waals surface area contributed by atoms with Crippen LogP contribution in [0.15, 0.2) is 42.6 Å². The lowest BCUT2D eigenvalue weighted by molar-refractivity contribution is -0.120. The average Bonchev–Trinajstić information content (AvgIpc) is 2.58. The number of nitrogens with zero attached hydrogens (tertiary/aromatic N) is 1. The predicted molar refractivity (Wildman–Crippen MR) is 96.7 cm³/mol. The van der Waals surface area contributed by atoms with Gasteiger partial charge in [0.1, 0.15) is 5.82 Å². The number of pyridine rings is 1. The Labute approximate surface area is 142 Å². The maximum atomic E-state index is 12.1. The SMILES string of the molecule is CCC(CC)C(=O)Nc1ccc(Nc2ccc(C(C)=O)cc2)nc1. The summed E-state index contributed by atoms with van der Waals surface area (Å²) in [6.45, 7) is 5.56. The molecule has 2 aromatic rings. The number of benzene rings is 1. The number of ketones is 1. The molecule has 1 amide bonds. The van der Waals surface area contributed by atoms with Gasteiger partial charge in [-0.2, -0.15) is 0 Å². The van der Waals surface area contributed by atoms with Crippen molar-refractivity contribution < 1.29 is 9.59 Å². The van der Waals surface area contributed by atoms with Crippen LogP contribution in [0.5, 0.6) is 0 Å². The molecule has 0 aliphatic rings. The Morgan fingerprint density at radius 2 is 1.62 bits per heavy atom. The summed E-state index contributed by atoms with van der Waals surface area (Å²) in [4.78, 5) is 27.6. The summed E-state index contributed by atoms with van der Waals surface area (Å²) in [7, 11) is 0. The van der Waals surface area contributed by atoms with Gasteiger partial charge in [0.15, 0.2) is 5.78 Å². The van der Waals surface area contributed by atoms with E-state index in [1.54, 1.807) is 31.3 Å². The molecule has 0 fully saturated rings. The Morgan fingerprint density at radius 1 is 1.00 bits per heavy atom. The zero-order valence-corrected chi connectivity index (χ0v) is 14.3. The largest absolute Gasteiger partial charge is 0.340 e. The second kappa shape index (κ2) is 8.24. The van der Waals surface area contributed by atoms with Gasteiger partial charge >= 0.3 is 0 Å². The van der Waals surface area contributed by atoms with Crippen LogP contribution in [0.4, 0.5) is 17.2 Å². The van der Waals surface area contributed by atoms with Crippen molar-refractivity contribution in [3.63, 3.8) is 0 Å². The summed E-state index contributed by atoms with van der Waals surface area (Å²) in [5, 5.41) is 6.05. The van der Waals surface area contributed by atoms with Crippen molar-refractivity contribution in [2.75, 3.05) is 10.6 Å². The molecular formula is C19H23N3O2. The van der Waals surface area contributed by atoms with Gasteiger partial charge in [-0.05, 0) is 56.2 Å². The van der Waals surface area contributed by atoms with Crippen LogP contribution in [-0.4, -0.2) is 16.7 Å². The van der Waals surface area contributed by atoms with Crippen LogP contribution >= 0.6 is 0 Å². The second-order valence-corrected chi connectivity index (χ2v) is 5.69. The molecule has 126 valence electrons. The van der Waals surface area contributed by atoms with E-state index in [0.717, 1.165) is 18.5 Å². The molecule has 0 saturated heterocycles. The van der Waals surface area contributed by atoms with Crippen molar-refractivity contribution >= 4 is 28.9 Å². The third-order valence-corrected chi connectivity index (χ3v) is 3.95. The number of aromatic nitrogens is 1. The van der Waals surface area contributed by atoms with Gasteiger partial charge in [-0.3, -0.25) is 9.59 Å². The van der Waals surface area contributed by atoms with Crippen molar-refractivity contribution in [3.05, 3.63) is 48.2 Å². The number of Topliss-reactive ketones (excluding diaryl/α,β-unsaturated/α-hetero) is 1. The summed E-state index contributed by atoms with van der Waals surface area (Å²) in [6.07, 6.45) is 3.28. The first-order valence-corrected chi connectivity index (χ1v) is 8.18. The van der Waals surface area contributed by atoms with Gasteiger partial charge < -0.3 is 10.6 Å². The lowest BCUT2D eigenvalue weighted by atomic mass is 10.0. The first-order valence-electron chi connectivity index (χ1n) is 8.18. The Hall–Kier alpha value is -2.69. The first kappa shape index (κ1) is 17.7. The van der Waals surface area contributed by atoms with E-state index in [9.17, 15) is 9.59 Å². The second-order valence-electron chi connectivity index (χ2n) is 5.69. The maximum Gasteiger partial charge on any atom is 0.227 e. The first-order chi connectivity index (χ1) is 11.5. The zero-order chi connectivity index (χ0) is 17.5. The quantitative estimate of drug-likeness (QED) is 0.740. The number of carbonyl (C=O) groups excluding carboxylic acids is 2. The van der Waals surface area contributed by atoms with Gasteiger partial charge in [-0.15, -0.1) is 0 Å². The van der Waals surface area contributed by atoms with E-state index in [1.807, 2.05) is 32.0 Å². The van der Waals surface area contributed by atoms with E-state index in [0.29, 0.717) is 17.1 Å². The average molecular weight is 325 g/mol. The highest BCUT2D eigenvalue weighted by atomic mass is 16.2. The summed E-state index contributed by atoms with van der Waals surface area (Å²) in [5.41, 5.74) is 2.21. The van der Waals surface area contributed by atoms with Crippen molar-refractivity contribution in [2.45, 2.75) is 33.6 Å². The Balaban J connectivity index is 1.99. The minimum absolute atomic E-state index is 0.0299. The molecule has 5 heteroatoms. The van der Waals surface area contributed by atoms with Crippen LogP contribution in [0.25, 0.3) is 0 Å². The topological polar surface area (TPSA) is 71.1 Å². The maximum absolute atomic E-state index is 12.1. The van der Waals surface area contributed by atoms with Crippen molar-refractivity contribution in [1.82, 2.24) is 4.98 Å². The molecule has 0 aliphatic heterocycles. The van der Waals surface area contributed by atoms with E-state index >= 15 is 0 Å². The summed E-state index contributed by atoms with van der Waals surface area (Å²) >= 11 is 0. The van der Waals surface area contributed by atoms with Gasteiger partial charge in [0.25, 0.3) is 0 Å². The van der Waals surface area contributed by atoms with Crippen LogP contribution in [0, 0.1) is 5.92 Å². The third-order valence-electron chi connectivity index (χ3n) is 3.95. The number of carbonyl (C=O) groups is 2. The van der Waals surface area contributed by atoms with Gasteiger partial charge in [-0.25, -0.2) is 4.98 Å². The fraction of sp³-hybridized carbons (Fsp3) is 0.316. The molecule has 1 aromatic carbocycles. The molecule has 2 rings (SSSR count). The number of hydrogen-bond donors (Lipinski definition) is 2. The fourth-order valence-electron chi connectivity index (χ4n) is 2.38. The number of rotatable bonds is 7. The van der Waals surface area contributed by atoms with Crippen LogP contribution in [0.1, 0.15) is 44.0 Å². The van der Waals surface area contributed by atoms with Crippen molar-refractivity contribution in [3.8, 4) is 0 Å². The molecular weight excluding hydrogens is 302 g/mol.